The molecule has 0 radical (unpaired) electrons. The monoisotopic (exact) mass is 239 g/mol. The van der Waals surface area contributed by atoms with Crippen LogP contribution in [-0.4, -0.2) is 35.7 Å². The van der Waals surface area contributed by atoms with E-state index in [1.165, 1.54) is 6.21 Å². The average Bonchev–Trinajstić information content (AvgIpc) is 3.00. The number of allylic oxidation sites excluding steroid dienone is 1. The van der Waals surface area contributed by atoms with Gasteiger partial charge in [-0.05, 0) is 19.3 Å². The van der Waals surface area contributed by atoms with E-state index in [0.29, 0.717) is 12.5 Å². The summed E-state index contributed by atoms with van der Waals surface area (Å²) in [5.74, 6) is 0.600. The fraction of sp³-hybridized carbons (Fsp3) is 0.692. The molecule has 0 bridgehead atoms. The first-order valence-electron chi connectivity index (χ1n) is 6.16. The number of nitrogens with zero attached hydrogens (tertiary/aromatic N) is 1. The first-order chi connectivity index (χ1) is 8.01. The van der Waals surface area contributed by atoms with Crippen molar-refractivity contribution in [2.24, 2.45) is 17.6 Å². The Hall–Kier alpha value is -1.16. The third-order valence-corrected chi connectivity index (χ3v) is 3.23. The summed E-state index contributed by atoms with van der Waals surface area (Å²) in [5.41, 5.74) is 5.05. The van der Waals surface area contributed by atoms with Crippen molar-refractivity contribution in [3.8, 4) is 0 Å². The molecule has 0 aromatic carbocycles. The summed E-state index contributed by atoms with van der Waals surface area (Å²) in [7, 11) is 0. The van der Waals surface area contributed by atoms with Gasteiger partial charge in [0.05, 0.1) is 12.1 Å². The molecule has 0 heterocycles. The SMILES string of the molecule is C/C=C/C1CC1(C=N)N(CC(C)C)C(=O)CN.[HH]. The molecule has 1 rings (SSSR count). The minimum Gasteiger partial charge on any atom is -0.330 e. The highest BCUT2D eigenvalue weighted by atomic mass is 16.2. The van der Waals surface area contributed by atoms with Gasteiger partial charge in [-0.15, -0.1) is 0 Å². The Balaban J connectivity index is 0.00000289. The Morgan fingerprint density at radius 1 is 1.71 bits per heavy atom. The van der Waals surface area contributed by atoms with Crippen LogP contribution < -0.4 is 5.73 Å². The minimum atomic E-state index is -0.409. The maximum Gasteiger partial charge on any atom is 0.237 e. The standard InChI is InChI=1S/C13H23N3O.H2/c1-4-5-11-6-13(11,9-15)16(8-10(2)3)12(17)7-14;/h4-5,9-11,15H,6-8,14H2,1-3H3;1H/b5-4+,15-9?;. The second-order valence-electron chi connectivity index (χ2n) is 5.07. The number of carbonyl (C=O) groups is 1. The molecule has 2 atom stereocenters. The lowest BCUT2D eigenvalue weighted by Crippen LogP contribution is -2.48. The van der Waals surface area contributed by atoms with Crippen molar-refractivity contribution in [1.29, 1.82) is 5.41 Å². The van der Waals surface area contributed by atoms with Gasteiger partial charge in [0.1, 0.15) is 0 Å². The molecule has 0 saturated heterocycles. The zero-order valence-corrected chi connectivity index (χ0v) is 10.9. The van der Waals surface area contributed by atoms with E-state index < -0.39 is 5.54 Å². The van der Waals surface area contributed by atoms with E-state index in [2.05, 4.69) is 19.9 Å². The third-order valence-electron chi connectivity index (χ3n) is 3.23. The molecule has 1 fully saturated rings. The summed E-state index contributed by atoms with van der Waals surface area (Å²) in [6.07, 6.45) is 6.31. The summed E-state index contributed by atoms with van der Waals surface area (Å²) in [6, 6.07) is 0. The fourth-order valence-corrected chi connectivity index (χ4v) is 2.29. The molecule has 98 valence electrons. The molecule has 17 heavy (non-hydrogen) atoms. The maximum absolute atomic E-state index is 11.9. The number of hydrogen-bond donors (Lipinski definition) is 2. The van der Waals surface area contributed by atoms with Gasteiger partial charge in [0, 0.05) is 20.1 Å². The fourth-order valence-electron chi connectivity index (χ4n) is 2.29. The summed E-state index contributed by atoms with van der Waals surface area (Å²) >= 11 is 0. The molecule has 1 saturated carbocycles. The zero-order chi connectivity index (χ0) is 13.1. The zero-order valence-electron chi connectivity index (χ0n) is 10.9. The molecule has 1 aliphatic carbocycles. The quantitative estimate of drug-likeness (QED) is 0.546. The summed E-state index contributed by atoms with van der Waals surface area (Å²) in [5, 5.41) is 7.63. The van der Waals surface area contributed by atoms with Crippen LogP contribution in [0.25, 0.3) is 0 Å². The molecule has 4 heteroatoms. The van der Waals surface area contributed by atoms with Crippen LogP contribution in [0, 0.1) is 17.2 Å². The van der Waals surface area contributed by atoms with E-state index in [-0.39, 0.29) is 19.8 Å². The van der Waals surface area contributed by atoms with E-state index in [4.69, 9.17) is 11.1 Å². The lowest BCUT2D eigenvalue weighted by atomic mass is 10.1. The molecule has 1 aliphatic rings. The van der Waals surface area contributed by atoms with E-state index in [9.17, 15) is 4.79 Å². The normalized spacial score (nSPS) is 27.5. The van der Waals surface area contributed by atoms with Crippen LogP contribution in [0.3, 0.4) is 0 Å². The van der Waals surface area contributed by atoms with Gasteiger partial charge in [0.2, 0.25) is 5.91 Å². The number of nitrogens with two attached hydrogens (primary N) is 1. The predicted octanol–water partition coefficient (Wildman–Crippen LogP) is 1.66. The smallest absolute Gasteiger partial charge is 0.237 e. The molecule has 0 aromatic heterocycles. The number of nitrogens with one attached hydrogen (secondary N) is 1. The Labute approximate surface area is 105 Å². The molecule has 0 aromatic rings. The lowest BCUT2D eigenvalue weighted by Gasteiger charge is -2.31. The van der Waals surface area contributed by atoms with Crippen LogP contribution in [0.5, 0.6) is 0 Å². The number of hydrogen-bond acceptors (Lipinski definition) is 3. The first kappa shape index (κ1) is 13.9. The van der Waals surface area contributed by atoms with Crippen molar-refractivity contribution in [2.75, 3.05) is 13.1 Å². The van der Waals surface area contributed by atoms with Crippen LogP contribution in [-0.2, 0) is 4.79 Å². The van der Waals surface area contributed by atoms with Crippen LogP contribution >= 0.6 is 0 Å². The van der Waals surface area contributed by atoms with Crippen LogP contribution in [0.2, 0.25) is 0 Å². The first-order valence-corrected chi connectivity index (χ1v) is 6.16. The summed E-state index contributed by atoms with van der Waals surface area (Å²) < 4.78 is 0. The van der Waals surface area contributed by atoms with Crippen molar-refractivity contribution >= 4 is 12.1 Å². The molecule has 0 aliphatic heterocycles. The highest BCUT2D eigenvalue weighted by molar-refractivity contribution is 5.86. The number of rotatable bonds is 6. The molecular weight excluding hydrogens is 214 g/mol. The van der Waals surface area contributed by atoms with Crippen molar-refractivity contribution < 1.29 is 6.22 Å². The van der Waals surface area contributed by atoms with E-state index >= 15 is 0 Å². The average molecular weight is 239 g/mol. The number of amides is 1. The second-order valence-corrected chi connectivity index (χ2v) is 5.07. The van der Waals surface area contributed by atoms with Crippen molar-refractivity contribution in [3.05, 3.63) is 12.2 Å². The topological polar surface area (TPSA) is 70.2 Å². The van der Waals surface area contributed by atoms with Crippen molar-refractivity contribution in [3.63, 3.8) is 0 Å². The number of carbonyl (C=O) groups excluding carboxylic acids is 1. The third kappa shape index (κ3) is 2.75. The largest absolute Gasteiger partial charge is 0.330 e. The van der Waals surface area contributed by atoms with Crippen molar-refractivity contribution in [2.45, 2.75) is 32.7 Å². The van der Waals surface area contributed by atoms with Gasteiger partial charge in [0.25, 0.3) is 0 Å². The van der Waals surface area contributed by atoms with Gasteiger partial charge >= 0.3 is 0 Å². The Bertz CT molecular complexity index is 330. The van der Waals surface area contributed by atoms with Gasteiger partial charge in [0.15, 0.2) is 0 Å². The van der Waals surface area contributed by atoms with Gasteiger partial charge in [-0.1, -0.05) is 26.0 Å². The summed E-state index contributed by atoms with van der Waals surface area (Å²) in [4.78, 5) is 13.7. The molecule has 0 spiro atoms. The van der Waals surface area contributed by atoms with Crippen LogP contribution in [0.4, 0.5) is 0 Å². The van der Waals surface area contributed by atoms with Crippen molar-refractivity contribution in [1.82, 2.24) is 4.90 Å². The second kappa shape index (κ2) is 5.45. The molecule has 3 N–H and O–H groups in total. The van der Waals surface area contributed by atoms with Crippen LogP contribution in [0.1, 0.15) is 28.6 Å². The minimum absolute atomic E-state index is 0. The lowest BCUT2D eigenvalue weighted by molar-refractivity contribution is -0.132. The van der Waals surface area contributed by atoms with E-state index in [1.54, 1.807) is 4.90 Å². The Kier molecular flexibility index (Phi) is 4.46. The van der Waals surface area contributed by atoms with Crippen LogP contribution in [0.15, 0.2) is 12.2 Å². The Morgan fingerprint density at radius 3 is 2.76 bits per heavy atom. The summed E-state index contributed by atoms with van der Waals surface area (Å²) in [6.45, 7) is 6.79. The van der Waals surface area contributed by atoms with E-state index in [1.807, 2.05) is 13.0 Å². The Morgan fingerprint density at radius 2 is 2.35 bits per heavy atom. The molecular formula is C13H25N3O. The molecule has 1 amide bonds. The molecule has 2 unspecified atom stereocenters. The van der Waals surface area contributed by atoms with Gasteiger partial charge in [-0.25, -0.2) is 0 Å². The van der Waals surface area contributed by atoms with Gasteiger partial charge in [-0.2, -0.15) is 0 Å². The van der Waals surface area contributed by atoms with Gasteiger partial charge < -0.3 is 16.0 Å². The molecule has 4 nitrogen and oxygen atoms in total. The maximum atomic E-state index is 11.9. The predicted molar refractivity (Wildman–Crippen MR) is 72.2 cm³/mol. The van der Waals surface area contributed by atoms with E-state index in [0.717, 1.165) is 6.42 Å². The van der Waals surface area contributed by atoms with Gasteiger partial charge in [-0.3, -0.25) is 4.79 Å². The highest BCUT2D eigenvalue weighted by Gasteiger charge is 2.56. The highest BCUT2D eigenvalue weighted by Crippen LogP contribution is 2.48.